The molecule has 1 unspecified atom stereocenters. The Labute approximate surface area is 184 Å². The number of fused-ring (bicyclic) bond motifs is 2. The molecule has 0 saturated heterocycles. The summed E-state index contributed by atoms with van der Waals surface area (Å²) in [6.07, 6.45) is 3.28. The Bertz CT molecular complexity index is 1320. The number of nitrogens with one attached hydrogen (secondary N) is 3. The minimum absolute atomic E-state index is 0.192. The number of aromatic amines is 2. The third-order valence-electron chi connectivity index (χ3n) is 5.40. The third-order valence-corrected chi connectivity index (χ3v) is 5.40. The molecule has 4 aromatic rings. The molecular formula is C24H24N4O4. The number of rotatable bonds is 8. The molecule has 0 fully saturated rings. The van der Waals surface area contributed by atoms with E-state index >= 15 is 0 Å². The van der Waals surface area contributed by atoms with Gasteiger partial charge in [0.05, 0.1) is 18.0 Å². The molecule has 1 atom stereocenters. The van der Waals surface area contributed by atoms with E-state index in [9.17, 15) is 14.4 Å². The molecule has 0 radical (unpaired) electrons. The van der Waals surface area contributed by atoms with Gasteiger partial charge in [-0.25, -0.2) is 9.78 Å². The summed E-state index contributed by atoms with van der Waals surface area (Å²) in [5.74, 6) is -0.225. The molecule has 0 spiro atoms. The van der Waals surface area contributed by atoms with E-state index in [-0.39, 0.29) is 17.9 Å². The summed E-state index contributed by atoms with van der Waals surface area (Å²) in [6, 6.07) is 14.1. The minimum Gasteiger partial charge on any atom is -0.467 e. The van der Waals surface area contributed by atoms with Crippen LogP contribution >= 0.6 is 0 Å². The van der Waals surface area contributed by atoms with Crippen LogP contribution in [0.2, 0.25) is 0 Å². The number of hydrogen-bond donors (Lipinski definition) is 3. The van der Waals surface area contributed by atoms with Crippen LogP contribution in [0.25, 0.3) is 21.8 Å². The molecule has 1 amide bonds. The second-order valence-electron chi connectivity index (χ2n) is 7.59. The lowest BCUT2D eigenvalue weighted by Crippen LogP contribution is -2.43. The highest BCUT2D eigenvalue weighted by Gasteiger charge is 2.23. The van der Waals surface area contributed by atoms with E-state index < -0.39 is 12.0 Å². The second-order valence-corrected chi connectivity index (χ2v) is 7.59. The predicted octanol–water partition coefficient (Wildman–Crippen LogP) is 2.63. The zero-order valence-electron chi connectivity index (χ0n) is 17.7. The van der Waals surface area contributed by atoms with Crippen LogP contribution < -0.4 is 10.9 Å². The molecule has 2 aromatic carbocycles. The molecule has 0 aliphatic rings. The van der Waals surface area contributed by atoms with Crippen LogP contribution in [0.4, 0.5) is 0 Å². The van der Waals surface area contributed by atoms with Crippen molar-refractivity contribution >= 4 is 33.7 Å². The second kappa shape index (κ2) is 9.47. The van der Waals surface area contributed by atoms with Crippen molar-refractivity contribution in [2.45, 2.75) is 31.7 Å². The monoisotopic (exact) mass is 432 g/mol. The molecule has 2 aromatic heterocycles. The molecule has 32 heavy (non-hydrogen) atoms. The summed E-state index contributed by atoms with van der Waals surface area (Å²) >= 11 is 0. The average molecular weight is 432 g/mol. The molecule has 0 saturated carbocycles. The van der Waals surface area contributed by atoms with Gasteiger partial charge in [0.1, 0.15) is 11.9 Å². The maximum absolute atomic E-state index is 12.5. The molecule has 3 N–H and O–H groups in total. The summed E-state index contributed by atoms with van der Waals surface area (Å²) in [7, 11) is 1.30. The van der Waals surface area contributed by atoms with Crippen molar-refractivity contribution < 1.29 is 14.3 Å². The number of carbonyl (C=O) groups is 2. The largest absolute Gasteiger partial charge is 0.467 e. The SMILES string of the molecule is COC(=O)C(Cc1c[nH]c2ccccc12)NC(=O)CCCc1nc2ccccc2c(=O)[nH]1. The van der Waals surface area contributed by atoms with Crippen molar-refractivity contribution in [2.75, 3.05) is 7.11 Å². The summed E-state index contributed by atoms with van der Waals surface area (Å²) in [4.78, 5) is 47.3. The van der Waals surface area contributed by atoms with Gasteiger partial charge in [-0.05, 0) is 30.2 Å². The van der Waals surface area contributed by atoms with Crippen LogP contribution in [0.15, 0.2) is 59.5 Å². The normalized spacial score (nSPS) is 12.0. The lowest BCUT2D eigenvalue weighted by atomic mass is 10.0. The predicted molar refractivity (Wildman–Crippen MR) is 121 cm³/mol. The van der Waals surface area contributed by atoms with Crippen LogP contribution in [0.5, 0.6) is 0 Å². The molecular weight excluding hydrogens is 408 g/mol. The number of methoxy groups -OCH3 is 1. The molecule has 0 aliphatic heterocycles. The first-order valence-corrected chi connectivity index (χ1v) is 10.5. The highest BCUT2D eigenvalue weighted by molar-refractivity contribution is 5.87. The average Bonchev–Trinajstić information content (AvgIpc) is 3.21. The number of benzene rings is 2. The van der Waals surface area contributed by atoms with Crippen molar-refractivity contribution in [3.05, 3.63) is 76.5 Å². The molecule has 2 heterocycles. The smallest absolute Gasteiger partial charge is 0.328 e. The van der Waals surface area contributed by atoms with Gasteiger partial charge in [-0.2, -0.15) is 0 Å². The van der Waals surface area contributed by atoms with Crippen molar-refractivity contribution in [2.24, 2.45) is 0 Å². The van der Waals surface area contributed by atoms with Crippen molar-refractivity contribution in [1.29, 1.82) is 0 Å². The van der Waals surface area contributed by atoms with Gasteiger partial charge in [-0.15, -0.1) is 0 Å². The Balaban J connectivity index is 1.37. The Morgan fingerprint density at radius 1 is 1.09 bits per heavy atom. The van der Waals surface area contributed by atoms with Crippen LogP contribution in [-0.4, -0.2) is 40.0 Å². The lowest BCUT2D eigenvalue weighted by Gasteiger charge is -2.16. The number of carbonyl (C=O) groups excluding carboxylic acids is 2. The standard InChI is InChI=1S/C24H24N4O4/c1-32-24(31)20(13-15-14-25-18-9-4-2-7-16(15)18)27-22(29)12-6-11-21-26-19-10-5-3-8-17(19)23(30)28-21/h2-5,7-10,14,20,25H,6,11-13H2,1H3,(H,27,29)(H,26,28,30). The zero-order chi connectivity index (χ0) is 22.5. The van der Waals surface area contributed by atoms with Crippen molar-refractivity contribution in [3.8, 4) is 0 Å². The van der Waals surface area contributed by atoms with E-state index in [2.05, 4.69) is 20.3 Å². The van der Waals surface area contributed by atoms with E-state index in [0.29, 0.717) is 36.0 Å². The van der Waals surface area contributed by atoms with Crippen molar-refractivity contribution in [3.63, 3.8) is 0 Å². The number of ether oxygens (including phenoxy) is 1. The fourth-order valence-electron chi connectivity index (χ4n) is 3.79. The lowest BCUT2D eigenvalue weighted by molar-refractivity contribution is -0.145. The summed E-state index contributed by atoms with van der Waals surface area (Å²) in [5.41, 5.74) is 2.32. The number of nitrogens with zero attached hydrogens (tertiary/aromatic N) is 1. The van der Waals surface area contributed by atoms with Crippen LogP contribution in [0.1, 0.15) is 24.2 Å². The van der Waals surface area contributed by atoms with Gasteiger partial charge in [0.25, 0.3) is 5.56 Å². The minimum atomic E-state index is -0.787. The van der Waals surface area contributed by atoms with Crippen molar-refractivity contribution in [1.82, 2.24) is 20.3 Å². The number of hydrogen-bond acceptors (Lipinski definition) is 5. The molecule has 164 valence electrons. The Kier molecular flexibility index (Phi) is 6.30. The van der Waals surface area contributed by atoms with E-state index in [4.69, 9.17) is 4.74 Å². The Morgan fingerprint density at radius 2 is 1.84 bits per heavy atom. The van der Waals surface area contributed by atoms with Crippen LogP contribution in [0, 0.1) is 0 Å². The van der Waals surface area contributed by atoms with Gasteiger partial charge in [0.15, 0.2) is 0 Å². The highest BCUT2D eigenvalue weighted by atomic mass is 16.5. The van der Waals surface area contributed by atoms with E-state index in [1.807, 2.05) is 36.5 Å². The van der Waals surface area contributed by atoms with E-state index in [0.717, 1.165) is 16.5 Å². The van der Waals surface area contributed by atoms with Crippen LogP contribution in [-0.2, 0) is 27.2 Å². The molecule has 0 aliphatic carbocycles. The first-order valence-electron chi connectivity index (χ1n) is 10.5. The van der Waals surface area contributed by atoms with Crippen LogP contribution in [0.3, 0.4) is 0 Å². The summed E-state index contributed by atoms with van der Waals surface area (Å²) in [5, 5.41) is 4.31. The summed E-state index contributed by atoms with van der Waals surface area (Å²) in [6.45, 7) is 0. The molecule has 4 rings (SSSR count). The number of aromatic nitrogens is 3. The number of esters is 1. The van der Waals surface area contributed by atoms with Gasteiger partial charge in [-0.1, -0.05) is 30.3 Å². The third kappa shape index (κ3) is 4.69. The first-order chi connectivity index (χ1) is 15.5. The fraction of sp³-hybridized carbons (Fsp3) is 0.250. The topological polar surface area (TPSA) is 117 Å². The molecule has 8 heteroatoms. The van der Waals surface area contributed by atoms with Gasteiger partial charge < -0.3 is 20.0 Å². The van der Waals surface area contributed by atoms with Gasteiger partial charge in [0.2, 0.25) is 5.91 Å². The van der Waals surface area contributed by atoms with Gasteiger partial charge in [0, 0.05) is 36.4 Å². The van der Waals surface area contributed by atoms with E-state index in [1.165, 1.54) is 7.11 Å². The van der Waals surface area contributed by atoms with Gasteiger partial charge >= 0.3 is 5.97 Å². The maximum Gasteiger partial charge on any atom is 0.328 e. The van der Waals surface area contributed by atoms with Gasteiger partial charge in [-0.3, -0.25) is 9.59 Å². The maximum atomic E-state index is 12.5. The number of H-pyrrole nitrogens is 2. The highest BCUT2D eigenvalue weighted by Crippen LogP contribution is 2.19. The quantitative estimate of drug-likeness (QED) is 0.370. The number of para-hydroxylation sites is 2. The zero-order valence-corrected chi connectivity index (χ0v) is 17.7. The number of aryl methyl sites for hydroxylation is 1. The van der Waals surface area contributed by atoms with E-state index in [1.54, 1.807) is 18.2 Å². The number of amides is 1. The Morgan fingerprint density at radius 3 is 2.66 bits per heavy atom. The molecule has 8 nitrogen and oxygen atoms in total. The first kappa shape index (κ1) is 21.3. The summed E-state index contributed by atoms with van der Waals surface area (Å²) < 4.78 is 4.89. The fourth-order valence-corrected chi connectivity index (χ4v) is 3.79. The molecule has 0 bridgehead atoms. The Hall–Kier alpha value is -3.94.